The van der Waals surface area contributed by atoms with Crippen molar-refractivity contribution < 1.29 is 9.13 Å². The summed E-state index contributed by atoms with van der Waals surface area (Å²) in [6.07, 6.45) is 8.81. The molecule has 180 valence electrons. The van der Waals surface area contributed by atoms with Gasteiger partial charge in [-0.25, -0.2) is 4.39 Å². The van der Waals surface area contributed by atoms with Crippen LogP contribution in [0.3, 0.4) is 0 Å². The number of halogens is 1. The van der Waals surface area contributed by atoms with E-state index in [4.69, 9.17) is 4.74 Å². The van der Waals surface area contributed by atoms with E-state index < -0.39 is 5.82 Å². The first-order valence-electron chi connectivity index (χ1n) is 12.2. The second-order valence-corrected chi connectivity index (χ2v) is 8.97. The molecule has 8 nitrogen and oxygen atoms in total. The number of likely N-dealkylation sites (tertiary alicyclic amines) is 1. The number of benzene rings is 1. The van der Waals surface area contributed by atoms with Gasteiger partial charge in [0.25, 0.3) is 0 Å². The van der Waals surface area contributed by atoms with Crippen molar-refractivity contribution in [2.24, 2.45) is 5.92 Å². The quantitative estimate of drug-likeness (QED) is 0.475. The molecule has 0 amide bonds. The van der Waals surface area contributed by atoms with E-state index in [1.807, 2.05) is 0 Å². The smallest absolute Gasteiger partial charge is 0.233 e. The van der Waals surface area contributed by atoms with Crippen LogP contribution in [0.15, 0.2) is 18.2 Å². The van der Waals surface area contributed by atoms with E-state index in [0.29, 0.717) is 35.5 Å². The van der Waals surface area contributed by atoms with Crippen LogP contribution in [0.1, 0.15) is 51.9 Å². The SMILES string of the molecule is CCN1CCCC1CNc1nc(NCC2CCCCC2)nc(Nc2ccc(OC)c(F)c2)n1. The lowest BCUT2D eigenvalue weighted by atomic mass is 9.89. The zero-order valence-electron chi connectivity index (χ0n) is 19.7. The van der Waals surface area contributed by atoms with E-state index in [2.05, 4.69) is 42.7 Å². The van der Waals surface area contributed by atoms with E-state index in [9.17, 15) is 4.39 Å². The number of nitrogens with zero attached hydrogens (tertiary/aromatic N) is 4. The molecule has 2 fully saturated rings. The van der Waals surface area contributed by atoms with Crippen molar-refractivity contribution in [3.63, 3.8) is 0 Å². The van der Waals surface area contributed by atoms with Gasteiger partial charge >= 0.3 is 0 Å². The van der Waals surface area contributed by atoms with Gasteiger partial charge in [-0.3, -0.25) is 4.90 Å². The highest BCUT2D eigenvalue weighted by Gasteiger charge is 2.23. The van der Waals surface area contributed by atoms with Crippen LogP contribution in [0.4, 0.5) is 27.9 Å². The second kappa shape index (κ2) is 11.4. The summed E-state index contributed by atoms with van der Waals surface area (Å²) in [4.78, 5) is 16.2. The minimum absolute atomic E-state index is 0.199. The monoisotopic (exact) mass is 457 g/mol. The molecule has 4 rings (SSSR count). The molecule has 1 unspecified atom stereocenters. The van der Waals surface area contributed by atoms with E-state index >= 15 is 0 Å². The molecule has 1 aromatic carbocycles. The molecule has 1 atom stereocenters. The van der Waals surface area contributed by atoms with E-state index in [0.717, 1.165) is 26.2 Å². The molecule has 0 spiro atoms. The molecule has 1 aromatic heterocycles. The van der Waals surface area contributed by atoms with Crippen LogP contribution in [0.5, 0.6) is 5.75 Å². The number of rotatable bonds is 10. The Hall–Kier alpha value is -2.68. The summed E-state index contributed by atoms with van der Waals surface area (Å²) < 4.78 is 19.2. The molecule has 2 heterocycles. The zero-order valence-corrected chi connectivity index (χ0v) is 19.7. The molecule has 1 aliphatic carbocycles. The highest BCUT2D eigenvalue weighted by Crippen LogP contribution is 2.25. The number of aromatic nitrogens is 3. The van der Waals surface area contributed by atoms with Crippen molar-refractivity contribution in [3.05, 3.63) is 24.0 Å². The predicted molar refractivity (Wildman–Crippen MR) is 130 cm³/mol. The lowest BCUT2D eigenvalue weighted by Crippen LogP contribution is -2.35. The number of hydrogen-bond donors (Lipinski definition) is 3. The third kappa shape index (κ3) is 6.43. The van der Waals surface area contributed by atoms with Gasteiger partial charge in [0.2, 0.25) is 17.8 Å². The maximum Gasteiger partial charge on any atom is 0.233 e. The van der Waals surface area contributed by atoms with Gasteiger partial charge in [-0.05, 0) is 56.8 Å². The molecule has 1 saturated carbocycles. The standard InChI is InChI=1S/C24H36FN7O/c1-3-32-13-7-10-19(32)16-27-23-29-22(26-15-17-8-5-4-6-9-17)30-24(31-23)28-18-11-12-21(33-2)20(25)14-18/h11-12,14,17,19H,3-10,13,15-16H2,1-2H3,(H3,26,27,28,29,30,31). The van der Waals surface area contributed by atoms with Crippen LogP contribution in [-0.2, 0) is 0 Å². The summed E-state index contributed by atoms with van der Waals surface area (Å²) in [5.74, 6) is 1.85. The Morgan fingerprint density at radius 1 is 0.970 bits per heavy atom. The first kappa shape index (κ1) is 23.5. The van der Waals surface area contributed by atoms with Gasteiger partial charge in [0.1, 0.15) is 0 Å². The summed E-state index contributed by atoms with van der Waals surface area (Å²) in [7, 11) is 1.45. The zero-order chi connectivity index (χ0) is 23.0. The van der Waals surface area contributed by atoms with Gasteiger partial charge in [-0.15, -0.1) is 0 Å². The Kier molecular flexibility index (Phi) is 8.15. The van der Waals surface area contributed by atoms with Crippen molar-refractivity contribution in [2.45, 2.75) is 57.9 Å². The Labute approximate surface area is 195 Å². The summed E-state index contributed by atoms with van der Waals surface area (Å²) in [5.41, 5.74) is 0.552. The van der Waals surface area contributed by atoms with Crippen molar-refractivity contribution in [1.29, 1.82) is 0 Å². The van der Waals surface area contributed by atoms with Crippen molar-refractivity contribution >= 4 is 23.5 Å². The van der Waals surface area contributed by atoms with E-state index in [-0.39, 0.29) is 5.75 Å². The average Bonchev–Trinajstić information content (AvgIpc) is 3.30. The van der Waals surface area contributed by atoms with Crippen LogP contribution in [0.25, 0.3) is 0 Å². The predicted octanol–water partition coefficient (Wildman–Crippen LogP) is 4.65. The van der Waals surface area contributed by atoms with E-state index in [1.165, 1.54) is 58.1 Å². The van der Waals surface area contributed by atoms with Gasteiger partial charge in [-0.1, -0.05) is 26.2 Å². The normalized spacial score (nSPS) is 19.4. The molecule has 9 heteroatoms. The first-order chi connectivity index (χ1) is 16.1. The molecular formula is C24H36FN7O. The Morgan fingerprint density at radius 3 is 2.39 bits per heavy atom. The van der Waals surface area contributed by atoms with Crippen LogP contribution in [0.2, 0.25) is 0 Å². The lowest BCUT2D eigenvalue weighted by molar-refractivity contribution is 0.277. The van der Waals surface area contributed by atoms with Crippen LogP contribution in [-0.4, -0.2) is 59.2 Å². The minimum Gasteiger partial charge on any atom is -0.494 e. The number of likely N-dealkylation sites (N-methyl/N-ethyl adjacent to an activating group) is 1. The summed E-state index contributed by atoms with van der Waals surface area (Å²) >= 11 is 0. The van der Waals surface area contributed by atoms with Crippen LogP contribution in [0, 0.1) is 11.7 Å². The third-order valence-corrected chi connectivity index (χ3v) is 6.72. The van der Waals surface area contributed by atoms with Gasteiger partial charge in [0, 0.05) is 30.9 Å². The second-order valence-electron chi connectivity index (χ2n) is 8.97. The summed E-state index contributed by atoms with van der Waals surface area (Å²) in [6, 6.07) is 5.19. The first-order valence-corrected chi connectivity index (χ1v) is 12.2. The van der Waals surface area contributed by atoms with Gasteiger partial charge in [0.15, 0.2) is 11.6 Å². The number of methoxy groups -OCH3 is 1. The lowest BCUT2D eigenvalue weighted by Gasteiger charge is -2.23. The molecule has 0 radical (unpaired) electrons. The number of hydrogen-bond acceptors (Lipinski definition) is 8. The Balaban J connectivity index is 1.48. The highest BCUT2D eigenvalue weighted by atomic mass is 19.1. The highest BCUT2D eigenvalue weighted by molar-refractivity contribution is 5.57. The fourth-order valence-electron chi connectivity index (χ4n) is 4.84. The number of ether oxygens (including phenoxy) is 1. The van der Waals surface area contributed by atoms with Crippen molar-refractivity contribution in [1.82, 2.24) is 19.9 Å². The number of anilines is 4. The van der Waals surface area contributed by atoms with Crippen molar-refractivity contribution in [3.8, 4) is 5.75 Å². The van der Waals surface area contributed by atoms with Crippen molar-refractivity contribution in [2.75, 3.05) is 49.2 Å². The Bertz CT molecular complexity index is 906. The molecule has 2 aromatic rings. The maximum atomic E-state index is 14.2. The van der Waals surface area contributed by atoms with Gasteiger partial charge in [-0.2, -0.15) is 15.0 Å². The minimum atomic E-state index is -0.438. The fraction of sp³-hybridized carbons (Fsp3) is 0.625. The molecule has 2 aliphatic rings. The molecule has 1 saturated heterocycles. The summed E-state index contributed by atoms with van der Waals surface area (Å²) in [6.45, 7) is 6.03. The van der Waals surface area contributed by atoms with Gasteiger partial charge in [0.05, 0.1) is 7.11 Å². The molecule has 3 N–H and O–H groups in total. The summed E-state index contributed by atoms with van der Waals surface area (Å²) in [5, 5.41) is 9.93. The van der Waals surface area contributed by atoms with E-state index in [1.54, 1.807) is 12.1 Å². The molecular weight excluding hydrogens is 421 g/mol. The topological polar surface area (TPSA) is 87.2 Å². The maximum absolute atomic E-state index is 14.2. The fourth-order valence-corrected chi connectivity index (χ4v) is 4.84. The number of nitrogens with one attached hydrogen (secondary N) is 3. The molecule has 1 aliphatic heterocycles. The third-order valence-electron chi connectivity index (χ3n) is 6.72. The molecule has 33 heavy (non-hydrogen) atoms. The van der Waals surface area contributed by atoms with Gasteiger partial charge < -0.3 is 20.7 Å². The average molecular weight is 458 g/mol. The Morgan fingerprint density at radius 2 is 1.70 bits per heavy atom. The van der Waals surface area contributed by atoms with Crippen LogP contribution >= 0.6 is 0 Å². The van der Waals surface area contributed by atoms with Crippen LogP contribution < -0.4 is 20.7 Å². The largest absolute Gasteiger partial charge is 0.494 e. The molecule has 0 bridgehead atoms.